The molecule has 0 unspecified atom stereocenters. The Bertz CT molecular complexity index is 423. The first kappa shape index (κ1) is 8.65. The van der Waals surface area contributed by atoms with Crippen molar-refractivity contribution in [2.75, 3.05) is 7.05 Å². The molecule has 13 heavy (non-hydrogen) atoms. The van der Waals surface area contributed by atoms with Gasteiger partial charge in [0.15, 0.2) is 5.65 Å². The van der Waals surface area contributed by atoms with E-state index in [1.54, 1.807) is 0 Å². The lowest BCUT2D eigenvalue weighted by Gasteiger charge is -1.99. The molecule has 0 aliphatic carbocycles. The first-order valence-corrected chi connectivity index (χ1v) is 4.74. The number of rotatable bonds is 2. The average molecular weight is 241 g/mol. The maximum absolute atomic E-state index is 4.00. The van der Waals surface area contributed by atoms with Crippen molar-refractivity contribution < 1.29 is 0 Å². The molecule has 1 N–H and O–H groups in total. The highest BCUT2D eigenvalue weighted by Crippen LogP contribution is 2.10. The third-order valence-electron chi connectivity index (χ3n) is 1.81. The number of hydrogen-bond acceptors (Lipinski definition) is 3. The summed E-state index contributed by atoms with van der Waals surface area (Å²) in [6.45, 7) is 0.848. The Morgan fingerprint density at radius 2 is 2.38 bits per heavy atom. The highest BCUT2D eigenvalue weighted by molar-refractivity contribution is 9.10. The zero-order valence-corrected chi connectivity index (χ0v) is 8.74. The number of nitrogens with one attached hydrogen (secondary N) is 1. The van der Waals surface area contributed by atoms with Crippen molar-refractivity contribution in [3.05, 3.63) is 28.6 Å². The van der Waals surface area contributed by atoms with Crippen LogP contribution >= 0.6 is 15.9 Å². The SMILES string of the molecule is CNCc1ccn2c(Br)nnc2c1. The van der Waals surface area contributed by atoms with Gasteiger partial charge in [0.1, 0.15) is 0 Å². The summed E-state index contributed by atoms with van der Waals surface area (Å²) < 4.78 is 2.62. The summed E-state index contributed by atoms with van der Waals surface area (Å²) in [5, 5.41) is 11.0. The molecular formula is C8H9BrN4. The lowest BCUT2D eigenvalue weighted by molar-refractivity contribution is 0.816. The fraction of sp³-hybridized carbons (Fsp3) is 0.250. The van der Waals surface area contributed by atoms with Crippen LogP contribution in [-0.2, 0) is 6.54 Å². The van der Waals surface area contributed by atoms with Crippen LogP contribution in [0.3, 0.4) is 0 Å². The van der Waals surface area contributed by atoms with Crippen molar-refractivity contribution in [1.82, 2.24) is 19.9 Å². The molecule has 0 aromatic carbocycles. The van der Waals surface area contributed by atoms with Gasteiger partial charge in [-0.2, -0.15) is 0 Å². The van der Waals surface area contributed by atoms with Gasteiger partial charge in [0.05, 0.1) is 0 Å². The van der Waals surface area contributed by atoms with Crippen LogP contribution in [0.15, 0.2) is 23.1 Å². The minimum Gasteiger partial charge on any atom is -0.316 e. The van der Waals surface area contributed by atoms with Crippen LogP contribution < -0.4 is 5.32 Å². The molecule has 0 spiro atoms. The average Bonchev–Trinajstić information content (AvgIpc) is 2.48. The summed E-state index contributed by atoms with van der Waals surface area (Å²) in [6.07, 6.45) is 1.95. The van der Waals surface area contributed by atoms with Crippen molar-refractivity contribution in [3.8, 4) is 0 Å². The van der Waals surface area contributed by atoms with E-state index in [1.165, 1.54) is 5.56 Å². The minimum atomic E-state index is 0.735. The van der Waals surface area contributed by atoms with Crippen LogP contribution in [0, 0.1) is 0 Å². The zero-order chi connectivity index (χ0) is 9.26. The summed E-state index contributed by atoms with van der Waals surface area (Å²) >= 11 is 3.30. The van der Waals surface area contributed by atoms with Crippen LogP contribution in [0.1, 0.15) is 5.56 Å². The van der Waals surface area contributed by atoms with Crippen molar-refractivity contribution in [1.29, 1.82) is 0 Å². The summed E-state index contributed by atoms with van der Waals surface area (Å²) in [7, 11) is 1.92. The Morgan fingerprint density at radius 1 is 1.54 bits per heavy atom. The fourth-order valence-electron chi connectivity index (χ4n) is 1.22. The van der Waals surface area contributed by atoms with Crippen LogP contribution in [0.4, 0.5) is 0 Å². The largest absolute Gasteiger partial charge is 0.316 e. The van der Waals surface area contributed by atoms with E-state index in [-0.39, 0.29) is 0 Å². The normalized spacial score (nSPS) is 10.9. The summed E-state index contributed by atoms with van der Waals surface area (Å²) in [4.78, 5) is 0. The monoisotopic (exact) mass is 240 g/mol. The molecule has 0 aliphatic heterocycles. The molecule has 0 aliphatic rings. The van der Waals surface area contributed by atoms with Crippen molar-refractivity contribution in [3.63, 3.8) is 0 Å². The van der Waals surface area contributed by atoms with E-state index >= 15 is 0 Å². The molecule has 68 valence electrons. The Hall–Kier alpha value is -0.940. The summed E-state index contributed by atoms with van der Waals surface area (Å²) in [6, 6.07) is 4.05. The van der Waals surface area contributed by atoms with Gasteiger partial charge in [0.25, 0.3) is 0 Å². The van der Waals surface area contributed by atoms with E-state index in [4.69, 9.17) is 0 Å². The second kappa shape index (κ2) is 3.43. The van der Waals surface area contributed by atoms with Crippen LogP contribution in [0.5, 0.6) is 0 Å². The zero-order valence-electron chi connectivity index (χ0n) is 7.16. The molecule has 5 heteroatoms. The predicted molar refractivity (Wildman–Crippen MR) is 53.5 cm³/mol. The van der Waals surface area contributed by atoms with Crippen molar-refractivity contribution >= 4 is 21.6 Å². The Kier molecular flexibility index (Phi) is 2.28. The lowest BCUT2D eigenvalue weighted by Crippen LogP contribution is -2.05. The van der Waals surface area contributed by atoms with Crippen molar-refractivity contribution in [2.24, 2.45) is 0 Å². The first-order chi connectivity index (χ1) is 6.31. The maximum Gasteiger partial charge on any atom is 0.204 e. The standard InChI is InChI=1S/C8H9BrN4/c1-10-5-6-2-3-13-7(4-6)11-12-8(13)9/h2-4,10H,5H2,1H3. The van der Waals surface area contributed by atoms with E-state index in [9.17, 15) is 0 Å². The molecule has 2 aromatic heterocycles. The number of pyridine rings is 1. The van der Waals surface area contributed by atoms with Gasteiger partial charge in [0, 0.05) is 12.7 Å². The Balaban J connectivity index is 2.50. The molecule has 0 fully saturated rings. The molecule has 0 radical (unpaired) electrons. The topological polar surface area (TPSA) is 42.2 Å². The molecule has 0 saturated carbocycles. The van der Waals surface area contributed by atoms with Gasteiger partial charge in [-0.15, -0.1) is 10.2 Å². The van der Waals surface area contributed by atoms with Crippen LogP contribution in [0.25, 0.3) is 5.65 Å². The van der Waals surface area contributed by atoms with E-state index in [0.717, 1.165) is 16.9 Å². The van der Waals surface area contributed by atoms with Gasteiger partial charge in [0.2, 0.25) is 4.73 Å². The fourth-order valence-corrected chi connectivity index (χ4v) is 1.60. The lowest BCUT2D eigenvalue weighted by atomic mass is 10.2. The molecular weight excluding hydrogens is 232 g/mol. The number of aromatic nitrogens is 3. The highest BCUT2D eigenvalue weighted by Gasteiger charge is 2.01. The van der Waals surface area contributed by atoms with Gasteiger partial charge in [-0.05, 0) is 40.7 Å². The van der Waals surface area contributed by atoms with Gasteiger partial charge in [-0.1, -0.05) is 0 Å². The van der Waals surface area contributed by atoms with Gasteiger partial charge < -0.3 is 5.32 Å². The third-order valence-corrected chi connectivity index (χ3v) is 2.35. The minimum absolute atomic E-state index is 0.735. The Morgan fingerprint density at radius 3 is 3.15 bits per heavy atom. The van der Waals surface area contributed by atoms with E-state index in [1.807, 2.05) is 29.8 Å². The molecule has 2 rings (SSSR count). The molecule has 2 heterocycles. The molecule has 0 saturated heterocycles. The van der Waals surface area contributed by atoms with Gasteiger partial charge in [-0.3, -0.25) is 4.40 Å². The number of nitrogens with zero attached hydrogens (tertiary/aromatic N) is 3. The number of halogens is 1. The molecule has 0 bridgehead atoms. The smallest absolute Gasteiger partial charge is 0.204 e. The van der Waals surface area contributed by atoms with Crippen LogP contribution in [0.2, 0.25) is 0 Å². The van der Waals surface area contributed by atoms with Gasteiger partial charge >= 0.3 is 0 Å². The molecule has 4 nitrogen and oxygen atoms in total. The van der Waals surface area contributed by atoms with E-state index < -0.39 is 0 Å². The second-order valence-corrected chi connectivity index (χ2v) is 3.47. The summed E-state index contributed by atoms with van der Waals surface area (Å²) in [5.41, 5.74) is 2.06. The van der Waals surface area contributed by atoms with Crippen molar-refractivity contribution in [2.45, 2.75) is 6.54 Å². The highest BCUT2D eigenvalue weighted by atomic mass is 79.9. The maximum atomic E-state index is 4.00. The Labute approximate surface area is 84.1 Å². The number of fused-ring (bicyclic) bond motifs is 1. The van der Waals surface area contributed by atoms with E-state index in [0.29, 0.717) is 0 Å². The quantitative estimate of drug-likeness (QED) is 0.859. The van der Waals surface area contributed by atoms with E-state index in [2.05, 4.69) is 31.4 Å². The molecule has 0 atom stereocenters. The number of hydrogen-bond donors (Lipinski definition) is 1. The first-order valence-electron chi connectivity index (χ1n) is 3.95. The third kappa shape index (κ3) is 1.57. The predicted octanol–water partition coefficient (Wildman–Crippen LogP) is 1.21. The van der Waals surface area contributed by atoms with Crippen LogP contribution in [-0.4, -0.2) is 21.6 Å². The molecule has 2 aromatic rings. The second-order valence-electron chi connectivity index (χ2n) is 2.76. The van der Waals surface area contributed by atoms with Gasteiger partial charge in [-0.25, -0.2) is 0 Å². The molecule has 0 amide bonds. The summed E-state index contributed by atoms with van der Waals surface area (Å²) in [5.74, 6) is 0.